The van der Waals surface area contributed by atoms with Gasteiger partial charge in [0, 0.05) is 6.42 Å². The molecular formula is C30H39N3O7. The summed E-state index contributed by atoms with van der Waals surface area (Å²) in [5.41, 5.74) is 1.48. The maximum atomic E-state index is 13.6. The second kappa shape index (κ2) is 13.5. The number of hydrogen-bond acceptors (Lipinski definition) is 7. The lowest BCUT2D eigenvalue weighted by Crippen LogP contribution is -2.56. The van der Waals surface area contributed by atoms with Crippen LogP contribution in [-0.2, 0) is 36.8 Å². The highest BCUT2D eigenvalue weighted by Gasteiger charge is 2.38. The van der Waals surface area contributed by atoms with Gasteiger partial charge in [-0.05, 0) is 57.4 Å². The number of epoxide rings is 1. The summed E-state index contributed by atoms with van der Waals surface area (Å²) in [5.74, 6) is -1.20. The van der Waals surface area contributed by atoms with Crippen LogP contribution in [0.3, 0.4) is 0 Å². The topological polar surface area (TPSA) is 146 Å². The minimum Gasteiger partial charge on any atom is -0.497 e. The monoisotopic (exact) mass is 553 g/mol. The van der Waals surface area contributed by atoms with Crippen molar-refractivity contribution < 1.29 is 33.8 Å². The summed E-state index contributed by atoms with van der Waals surface area (Å²) in [7, 11) is 1.55. The summed E-state index contributed by atoms with van der Waals surface area (Å²) < 4.78 is 10.4. The molecule has 1 saturated heterocycles. The van der Waals surface area contributed by atoms with Gasteiger partial charge in [-0.2, -0.15) is 0 Å². The van der Waals surface area contributed by atoms with E-state index < -0.39 is 47.6 Å². The number of nitrogens with one attached hydrogen (secondary N) is 3. The van der Waals surface area contributed by atoms with Crippen LogP contribution < -0.4 is 20.7 Å². The standard InChI is InChI=1S/C30H39N3O7/c1-18-6-8-20(9-7-18)14-23(27(35)25-17-40-25)32-29(37)24(15-21-10-12-22(39-5)13-11-21)33-28(36)19(2)31-26(34)16-30(3,4)38/h6-13,19,23-25,38H,14-17H2,1-5H3,(H,31,34)(H,32,37)(H,33,36). The number of ketones is 1. The fourth-order valence-electron chi connectivity index (χ4n) is 4.15. The largest absolute Gasteiger partial charge is 0.497 e. The quantitative estimate of drug-likeness (QED) is 0.259. The van der Waals surface area contributed by atoms with Gasteiger partial charge in [0.25, 0.3) is 0 Å². The lowest BCUT2D eigenvalue weighted by molar-refractivity contribution is -0.134. The first-order chi connectivity index (χ1) is 18.8. The summed E-state index contributed by atoms with van der Waals surface area (Å²) in [6.07, 6.45) is -0.336. The van der Waals surface area contributed by atoms with Crippen LogP contribution >= 0.6 is 0 Å². The van der Waals surface area contributed by atoms with Crippen molar-refractivity contribution in [1.29, 1.82) is 0 Å². The van der Waals surface area contributed by atoms with Gasteiger partial charge in [0.05, 0.1) is 31.8 Å². The van der Waals surface area contributed by atoms with Crippen molar-refractivity contribution >= 4 is 23.5 Å². The molecule has 0 spiro atoms. The van der Waals surface area contributed by atoms with Crippen LogP contribution in [0.5, 0.6) is 5.75 Å². The normalized spacial score (nSPS) is 16.7. The van der Waals surface area contributed by atoms with Crippen LogP contribution in [0.25, 0.3) is 0 Å². The maximum absolute atomic E-state index is 13.6. The molecule has 4 atom stereocenters. The number of amides is 3. The van der Waals surface area contributed by atoms with Crippen LogP contribution in [0.2, 0.25) is 0 Å². The van der Waals surface area contributed by atoms with E-state index in [0.29, 0.717) is 12.4 Å². The Morgan fingerprint density at radius 2 is 1.45 bits per heavy atom. The van der Waals surface area contributed by atoms with Crippen LogP contribution in [-0.4, -0.2) is 72.2 Å². The van der Waals surface area contributed by atoms with Crippen LogP contribution in [0.15, 0.2) is 48.5 Å². The Labute approximate surface area is 234 Å². The highest BCUT2D eigenvalue weighted by Crippen LogP contribution is 2.17. The van der Waals surface area contributed by atoms with Gasteiger partial charge in [-0.15, -0.1) is 0 Å². The summed E-state index contributed by atoms with van der Waals surface area (Å²) in [6.45, 7) is 6.76. The molecule has 0 radical (unpaired) electrons. The Hall–Kier alpha value is -3.76. The van der Waals surface area contributed by atoms with E-state index in [1.165, 1.54) is 20.8 Å². The van der Waals surface area contributed by atoms with E-state index in [1.54, 1.807) is 31.4 Å². The number of carbonyl (C=O) groups excluding carboxylic acids is 4. The third kappa shape index (κ3) is 9.77. The Kier molecular flexibility index (Phi) is 10.4. The molecule has 4 N–H and O–H groups in total. The number of ether oxygens (including phenoxy) is 2. The first-order valence-corrected chi connectivity index (χ1v) is 13.3. The number of benzene rings is 2. The fraction of sp³-hybridized carbons (Fsp3) is 0.467. The van der Waals surface area contributed by atoms with E-state index in [2.05, 4.69) is 16.0 Å². The number of aliphatic hydroxyl groups is 1. The van der Waals surface area contributed by atoms with E-state index in [9.17, 15) is 24.3 Å². The first-order valence-electron chi connectivity index (χ1n) is 13.3. The van der Waals surface area contributed by atoms with Crippen LogP contribution in [0.4, 0.5) is 0 Å². The molecule has 0 aliphatic carbocycles. The predicted octanol–water partition coefficient (Wildman–Crippen LogP) is 1.39. The van der Waals surface area contributed by atoms with Crippen molar-refractivity contribution in [1.82, 2.24) is 16.0 Å². The third-order valence-electron chi connectivity index (χ3n) is 6.47. The smallest absolute Gasteiger partial charge is 0.243 e. The zero-order chi connectivity index (χ0) is 29.4. The summed E-state index contributed by atoms with van der Waals surface area (Å²) in [4.78, 5) is 51.9. The first kappa shape index (κ1) is 30.8. The molecule has 10 nitrogen and oxygen atoms in total. The molecule has 3 rings (SSSR count). The van der Waals surface area contributed by atoms with Gasteiger partial charge in [-0.25, -0.2) is 0 Å². The molecule has 40 heavy (non-hydrogen) atoms. The minimum atomic E-state index is -1.23. The average molecular weight is 554 g/mol. The van der Waals surface area contributed by atoms with Gasteiger partial charge in [0.1, 0.15) is 23.9 Å². The van der Waals surface area contributed by atoms with Crippen molar-refractivity contribution in [2.75, 3.05) is 13.7 Å². The number of hydrogen-bond donors (Lipinski definition) is 4. The van der Waals surface area contributed by atoms with Crippen molar-refractivity contribution in [3.8, 4) is 5.75 Å². The van der Waals surface area contributed by atoms with Crippen LogP contribution in [0, 0.1) is 6.92 Å². The Bertz CT molecular complexity index is 1190. The van der Waals surface area contributed by atoms with Gasteiger partial charge < -0.3 is 30.5 Å². The molecule has 216 valence electrons. The van der Waals surface area contributed by atoms with Crippen molar-refractivity contribution in [2.45, 2.75) is 76.8 Å². The maximum Gasteiger partial charge on any atom is 0.243 e. The molecule has 1 aliphatic heterocycles. The predicted molar refractivity (Wildman–Crippen MR) is 149 cm³/mol. The summed E-state index contributed by atoms with van der Waals surface area (Å²) in [5, 5.41) is 18.0. The molecule has 2 aromatic rings. The molecule has 1 heterocycles. The summed E-state index contributed by atoms with van der Waals surface area (Å²) >= 11 is 0. The molecular weight excluding hydrogens is 514 g/mol. The fourth-order valence-corrected chi connectivity index (χ4v) is 4.15. The van der Waals surface area contributed by atoms with Crippen molar-refractivity contribution in [2.24, 2.45) is 0 Å². The second-order valence-corrected chi connectivity index (χ2v) is 10.9. The SMILES string of the molecule is COc1ccc(CC(NC(=O)C(C)NC(=O)CC(C)(C)O)C(=O)NC(Cc2ccc(C)cc2)C(=O)C2CO2)cc1. The molecule has 0 saturated carbocycles. The second-order valence-electron chi connectivity index (χ2n) is 10.9. The molecule has 0 aromatic heterocycles. The zero-order valence-corrected chi connectivity index (χ0v) is 23.7. The van der Waals surface area contributed by atoms with Gasteiger partial charge in [-0.3, -0.25) is 19.2 Å². The van der Waals surface area contributed by atoms with Gasteiger partial charge >= 0.3 is 0 Å². The van der Waals surface area contributed by atoms with Crippen molar-refractivity contribution in [3.05, 3.63) is 65.2 Å². The number of carbonyl (C=O) groups is 4. The molecule has 10 heteroatoms. The highest BCUT2D eigenvalue weighted by atomic mass is 16.6. The van der Waals surface area contributed by atoms with Gasteiger partial charge in [-0.1, -0.05) is 42.0 Å². The number of Topliss-reactive ketones (excluding diaryl/α,β-unsaturated/α-hetero) is 1. The zero-order valence-electron chi connectivity index (χ0n) is 23.7. The lowest BCUT2D eigenvalue weighted by atomic mass is 9.98. The number of rotatable bonds is 14. The Morgan fingerprint density at radius 3 is 1.98 bits per heavy atom. The molecule has 1 fully saturated rings. The summed E-state index contributed by atoms with van der Waals surface area (Å²) in [6, 6.07) is 11.9. The van der Waals surface area contributed by atoms with Gasteiger partial charge in [0.2, 0.25) is 17.7 Å². The Balaban J connectivity index is 1.77. The minimum absolute atomic E-state index is 0.136. The molecule has 0 bridgehead atoms. The molecule has 2 aromatic carbocycles. The highest BCUT2D eigenvalue weighted by molar-refractivity contribution is 5.96. The Morgan fingerprint density at radius 1 is 0.925 bits per heavy atom. The molecule has 3 amide bonds. The molecule has 1 aliphatic rings. The third-order valence-corrected chi connectivity index (χ3v) is 6.47. The van der Waals surface area contributed by atoms with Crippen LogP contribution in [0.1, 0.15) is 43.9 Å². The van der Waals surface area contributed by atoms with E-state index in [4.69, 9.17) is 9.47 Å². The van der Waals surface area contributed by atoms with E-state index in [1.807, 2.05) is 31.2 Å². The number of aryl methyl sites for hydroxylation is 1. The average Bonchev–Trinajstić information content (AvgIpc) is 3.73. The van der Waals surface area contributed by atoms with E-state index >= 15 is 0 Å². The van der Waals surface area contributed by atoms with Gasteiger partial charge in [0.15, 0.2) is 5.78 Å². The van der Waals surface area contributed by atoms with Crippen molar-refractivity contribution in [3.63, 3.8) is 0 Å². The molecule has 4 unspecified atom stereocenters. The van der Waals surface area contributed by atoms with E-state index in [0.717, 1.165) is 16.7 Å². The number of methoxy groups -OCH3 is 1. The van der Waals surface area contributed by atoms with E-state index in [-0.39, 0.29) is 25.0 Å². The lowest BCUT2D eigenvalue weighted by Gasteiger charge is -2.25.